The van der Waals surface area contributed by atoms with E-state index in [1.165, 1.54) is 0 Å². The third-order valence-corrected chi connectivity index (χ3v) is 2.21. The van der Waals surface area contributed by atoms with E-state index < -0.39 is 0 Å². The standard InChI is InChI=1S/C10H13N3O/c1-2-4-13-8-9(6-12-13)10-7-11-3-5-14-10/h1,6,8,10-11H,3-5,7H2. The highest BCUT2D eigenvalue weighted by molar-refractivity contribution is 5.10. The molecule has 0 amide bonds. The molecular weight excluding hydrogens is 178 g/mol. The van der Waals surface area contributed by atoms with Crippen LogP contribution in [0.5, 0.6) is 0 Å². The zero-order valence-corrected chi connectivity index (χ0v) is 7.94. The molecule has 1 aliphatic rings. The van der Waals surface area contributed by atoms with Gasteiger partial charge in [-0.05, 0) is 0 Å². The first-order valence-electron chi connectivity index (χ1n) is 4.68. The van der Waals surface area contributed by atoms with Crippen LogP contribution in [0.3, 0.4) is 0 Å². The molecule has 1 fully saturated rings. The molecule has 0 aromatic carbocycles. The van der Waals surface area contributed by atoms with Crippen LogP contribution >= 0.6 is 0 Å². The second-order valence-corrected chi connectivity index (χ2v) is 3.24. The molecule has 4 nitrogen and oxygen atoms in total. The molecule has 2 rings (SSSR count). The van der Waals surface area contributed by atoms with Gasteiger partial charge in [-0.25, -0.2) is 0 Å². The quantitative estimate of drug-likeness (QED) is 0.678. The number of rotatable bonds is 2. The summed E-state index contributed by atoms with van der Waals surface area (Å²) >= 11 is 0. The van der Waals surface area contributed by atoms with Crippen LogP contribution in [0.4, 0.5) is 0 Å². The largest absolute Gasteiger partial charge is 0.371 e. The third-order valence-electron chi connectivity index (χ3n) is 2.21. The van der Waals surface area contributed by atoms with Gasteiger partial charge in [-0.15, -0.1) is 6.42 Å². The molecular formula is C10H13N3O. The van der Waals surface area contributed by atoms with E-state index in [-0.39, 0.29) is 6.10 Å². The SMILES string of the molecule is C#CCn1cc(C2CNCCO2)cn1. The van der Waals surface area contributed by atoms with Crippen LogP contribution in [-0.2, 0) is 11.3 Å². The molecule has 1 aliphatic heterocycles. The topological polar surface area (TPSA) is 39.1 Å². The lowest BCUT2D eigenvalue weighted by Crippen LogP contribution is -2.33. The molecule has 0 bridgehead atoms. The van der Waals surface area contributed by atoms with Crippen molar-refractivity contribution in [3.8, 4) is 12.3 Å². The number of hydrogen-bond donors (Lipinski definition) is 1. The summed E-state index contributed by atoms with van der Waals surface area (Å²) in [6, 6.07) is 0. The van der Waals surface area contributed by atoms with Crippen LogP contribution in [0, 0.1) is 12.3 Å². The minimum atomic E-state index is 0.121. The molecule has 0 aliphatic carbocycles. The second kappa shape index (κ2) is 4.27. The lowest BCUT2D eigenvalue weighted by molar-refractivity contribution is 0.0276. The number of nitrogens with one attached hydrogen (secondary N) is 1. The highest BCUT2D eigenvalue weighted by Gasteiger charge is 2.16. The van der Waals surface area contributed by atoms with E-state index in [2.05, 4.69) is 16.3 Å². The zero-order chi connectivity index (χ0) is 9.80. The fourth-order valence-electron chi connectivity index (χ4n) is 1.51. The van der Waals surface area contributed by atoms with Gasteiger partial charge in [-0.2, -0.15) is 5.10 Å². The van der Waals surface area contributed by atoms with Gasteiger partial charge < -0.3 is 10.1 Å². The lowest BCUT2D eigenvalue weighted by atomic mass is 10.2. The van der Waals surface area contributed by atoms with Gasteiger partial charge in [0, 0.05) is 24.8 Å². The fourth-order valence-corrected chi connectivity index (χ4v) is 1.51. The smallest absolute Gasteiger partial charge is 0.101 e. The van der Waals surface area contributed by atoms with Crippen molar-refractivity contribution in [1.29, 1.82) is 0 Å². The Morgan fingerprint density at radius 2 is 2.71 bits per heavy atom. The molecule has 1 atom stereocenters. The van der Waals surface area contributed by atoms with Gasteiger partial charge >= 0.3 is 0 Å². The Morgan fingerprint density at radius 1 is 1.79 bits per heavy atom. The Labute approximate surface area is 83.3 Å². The van der Waals surface area contributed by atoms with E-state index in [0.717, 1.165) is 25.3 Å². The van der Waals surface area contributed by atoms with Crippen LogP contribution in [0.1, 0.15) is 11.7 Å². The van der Waals surface area contributed by atoms with Gasteiger partial charge in [-0.1, -0.05) is 5.92 Å². The fraction of sp³-hybridized carbons (Fsp3) is 0.500. The lowest BCUT2D eigenvalue weighted by Gasteiger charge is -2.22. The number of hydrogen-bond acceptors (Lipinski definition) is 3. The number of morpholine rings is 1. The van der Waals surface area contributed by atoms with Gasteiger partial charge in [0.1, 0.15) is 6.54 Å². The van der Waals surface area contributed by atoms with Crippen LogP contribution in [0.2, 0.25) is 0 Å². The van der Waals surface area contributed by atoms with E-state index in [9.17, 15) is 0 Å². The van der Waals surface area contributed by atoms with Gasteiger partial charge in [0.2, 0.25) is 0 Å². The normalized spacial score (nSPS) is 21.8. The minimum absolute atomic E-state index is 0.121. The van der Waals surface area contributed by atoms with Crippen molar-refractivity contribution in [2.24, 2.45) is 0 Å². The molecule has 14 heavy (non-hydrogen) atoms. The monoisotopic (exact) mass is 191 g/mol. The van der Waals surface area contributed by atoms with Crippen molar-refractivity contribution in [2.45, 2.75) is 12.6 Å². The average Bonchev–Trinajstić information content (AvgIpc) is 2.68. The van der Waals surface area contributed by atoms with E-state index in [4.69, 9.17) is 11.2 Å². The predicted octanol–water partition coefficient (Wildman–Crippen LogP) is 0.177. The summed E-state index contributed by atoms with van der Waals surface area (Å²) in [5.74, 6) is 2.54. The molecule has 1 N–H and O–H groups in total. The summed E-state index contributed by atoms with van der Waals surface area (Å²) in [4.78, 5) is 0. The first-order valence-corrected chi connectivity index (χ1v) is 4.68. The molecule has 0 saturated carbocycles. The number of terminal acetylenes is 1. The molecule has 1 aromatic heterocycles. The third kappa shape index (κ3) is 1.95. The number of nitrogens with zero attached hydrogens (tertiary/aromatic N) is 2. The summed E-state index contributed by atoms with van der Waals surface area (Å²) in [7, 11) is 0. The van der Waals surface area contributed by atoms with Gasteiger partial charge in [-0.3, -0.25) is 4.68 Å². The summed E-state index contributed by atoms with van der Waals surface area (Å²) in [5.41, 5.74) is 1.09. The van der Waals surface area contributed by atoms with Gasteiger partial charge in [0.25, 0.3) is 0 Å². The molecule has 0 radical (unpaired) electrons. The predicted molar refractivity (Wildman–Crippen MR) is 52.6 cm³/mol. The molecule has 2 heterocycles. The van der Waals surface area contributed by atoms with Gasteiger partial charge in [0.15, 0.2) is 0 Å². The maximum atomic E-state index is 5.59. The Hall–Kier alpha value is -1.31. The van der Waals surface area contributed by atoms with Crippen LogP contribution in [-0.4, -0.2) is 29.5 Å². The van der Waals surface area contributed by atoms with Crippen LogP contribution in [0.25, 0.3) is 0 Å². The first-order chi connectivity index (χ1) is 6.90. The summed E-state index contributed by atoms with van der Waals surface area (Å²) in [6.45, 7) is 3.04. The Kier molecular flexibility index (Phi) is 2.82. The van der Waals surface area contributed by atoms with E-state index in [0.29, 0.717) is 6.54 Å². The zero-order valence-electron chi connectivity index (χ0n) is 7.94. The first kappa shape index (κ1) is 9.25. The van der Waals surface area contributed by atoms with Crippen molar-refractivity contribution in [3.63, 3.8) is 0 Å². The van der Waals surface area contributed by atoms with Crippen molar-refractivity contribution < 1.29 is 4.74 Å². The number of ether oxygens (including phenoxy) is 1. The van der Waals surface area contributed by atoms with Crippen LogP contribution < -0.4 is 5.32 Å². The molecule has 1 unspecified atom stereocenters. The summed E-state index contributed by atoms with van der Waals surface area (Å²) in [5, 5.41) is 7.42. The summed E-state index contributed by atoms with van der Waals surface area (Å²) < 4.78 is 7.33. The number of aromatic nitrogens is 2. The van der Waals surface area contributed by atoms with Crippen LogP contribution in [0.15, 0.2) is 12.4 Å². The van der Waals surface area contributed by atoms with E-state index in [1.807, 2.05) is 12.4 Å². The Bertz CT molecular complexity index is 333. The Morgan fingerprint density at radius 3 is 3.43 bits per heavy atom. The molecule has 4 heteroatoms. The second-order valence-electron chi connectivity index (χ2n) is 3.24. The average molecular weight is 191 g/mol. The molecule has 1 aromatic rings. The van der Waals surface area contributed by atoms with Crippen molar-refractivity contribution in [2.75, 3.05) is 19.7 Å². The highest BCUT2D eigenvalue weighted by atomic mass is 16.5. The summed E-state index contributed by atoms with van der Waals surface area (Å²) in [6.07, 6.45) is 9.07. The molecule has 0 spiro atoms. The molecule has 1 saturated heterocycles. The maximum absolute atomic E-state index is 5.59. The van der Waals surface area contributed by atoms with Crippen molar-refractivity contribution in [3.05, 3.63) is 18.0 Å². The maximum Gasteiger partial charge on any atom is 0.101 e. The van der Waals surface area contributed by atoms with E-state index >= 15 is 0 Å². The highest BCUT2D eigenvalue weighted by Crippen LogP contribution is 2.17. The van der Waals surface area contributed by atoms with Crippen molar-refractivity contribution >= 4 is 0 Å². The van der Waals surface area contributed by atoms with E-state index in [1.54, 1.807) is 4.68 Å². The van der Waals surface area contributed by atoms with Crippen molar-refractivity contribution in [1.82, 2.24) is 15.1 Å². The van der Waals surface area contributed by atoms with Gasteiger partial charge in [0.05, 0.1) is 18.9 Å². The Balaban J connectivity index is 2.04. The minimum Gasteiger partial charge on any atom is -0.371 e. The molecule has 74 valence electrons.